The van der Waals surface area contributed by atoms with Crippen LogP contribution in [0.15, 0.2) is 40.4 Å². The average molecular weight is 267 g/mol. The molecule has 1 aromatic rings. The van der Waals surface area contributed by atoms with Gasteiger partial charge in [0.2, 0.25) is 0 Å². The lowest BCUT2D eigenvalue weighted by Gasteiger charge is -2.10. The van der Waals surface area contributed by atoms with E-state index in [2.05, 4.69) is 9.44 Å². The molecule has 18 heavy (non-hydrogen) atoms. The molecule has 0 aromatic heterocycles. The second kappa shape index (κ2) is 5.30. The molecule has 0 heterocycles. The van der Waals surface area contributed by atoms with E-state index in [9.17, 15) is 13.2 Å². The highest BCUT2D eigenvalue weighted by atomic mass is 32.2. The zero-order valence-electron chi connectivity index (χ0n) is 9.70. The first kappa shape index (κ1) is 12.8. The topological polar surface area (TPSA) is 72.8 Å². The third kappa shape index (κ3) is 3.16. The van der Waals surface area contributed by atoms with Crippen LogP contribution in [0.3, 0.4) is 0 Å². The largest absolute Gasteiger partial charge is 0.358 e. The maximum atomic E-state index is 11.7. The summed E-state index contributed by atoms with van der Waals surface area (Å²) in [6.45, 7) is 0. The summed E-state index contributed by atoms with van der Waals surface area (Å²) in [7, 11) is -3.88. The van der Waals surface area contributed by atoms with E-state index in [1.54, 1.807) is 18.2 Å². The van der Waals surface area contributed by atoms with Crippen molar-refractivity contribution < 1.29 is 17.5 Å². The first-order valence-corrected chi connectivity index (χ1v) is 7.05. The summed E-state index contributed by atoms with van der Waals surface area (Å²) < 4.78 is 28.1. The molecule has 0 saturated heterocycles. The smallest absolute Gasteiger partial charge is 0.299 e. The van der Waals surface area contributed by atoms with Gasteiger partial charge in [0.05, 0.1) is 5.71 Å². The Morgan fingerprint density at radius 2 is 1.83 bits per heavy atom. The van der Waals surface area contributed by atoms with E-state index >= 15 is 0 Å². The number of carbonyl (C=O) groups excluding carboxylic acids is 1. The van der Waals surface area contributed by atoms with Gasteiger partial charge in [0.25, 0.3) is 0 Å². The van der Waals surface area contributed by atoms with Crippen molar-refractivity contribution in [3.05, 3.63) is 30.3 Å². The molecule has 1 aliphatic rings. The van der Waals surface area contributed by atoms with Crippen molar-refractivity contribution in [2.24, 2.45) is 5.16 Å². The molecule has 0 bridgehead atoms. The van der Waals surface area contributed by atoms with Crippen LogP contribution in [-0.4, -0.2) is 19.9 Å². The third-order valence-corrected chi connectivity index (χ3v) is 3.74. The zero-order chi connectivity index (χ0) is 13.0. The summed E-state index contributed by atoms with van der Waals surface area (Å²) in [5, 5.41) is 3.59. The highest BCUT2D eigenvalue weighted by molar-refractivity contribution is 7.86. The van der Waals surface area contributed by atoms with Gasteiger partial charge in [-0.2, -0.15) is 8.42 Å². The van der Waals surface area contributed by atoms with Crippen LogP contribution in [-0.2, 0) is 19.2 Å². The second-order valence-corrected chi connectivity index (χ2v) is 5.60. The van der Waals surface area contributed by atoms with Crippen molar-refractivity contribution >= 4 is 21.6 Å². The van der Waals surface area contributed by atoms with E-state index in [1.165, 1.54) is 12.1 Å². The monoisotopic (exact) mass is 267 g/mol. The van der Waals surface area contributed by atoms with Gasteiger partial charge in [-0.05, 0) is 25.0 Å². The van der Waals surface area contributed by atoms with Gasteiger partial charge in [0.15, 0.2) is 0 Å². The van der Waals surface area contributed by atoms with E-state index in [-0.39, 0.29) is 17.1 Å². The fourth-order valence-corrected chi connectivity index (χ4v) is 2.48. The lowest BCUT2D eigenvalue weighted by Crippen LogP contribution is -2.15. The number of rotatable bonds is 3. The predicted octanol–water partition coefficient (Wildman–Crippen LogP) is 1.89. The zero-order valence-corrected chi connectivity index (χ0v) is 10.5. The van der Waals surface area contributed by atoms with Gasteiger partial charge in [-0.25, -0.2) is 0 Å². The molecule has 1 aliphatic carbocycles. The van der Waals surface area contributed by atoms with Gasteiger partial charge in [0, 0.05) is 12.8 Å². The summed E-state index contributed by atoms with van der Waals surface area (Å²) in [6.07, 6.45) is 2.03. The molecule has 0 amide bonds. The van der Waals surface area contributed by atoms with E-state index < -0.39 is 10.1 Å². The summed E-state index contributed by atoms with van der Waals surface area (Å²) >= 11 is 0. The van der Waals surface area contributed by atoms with E-state index in [1.807, 2.05) is 0 Å². The molecule has 1 fully saturated rings. The molecule has 5 nitrogen and oxygen atoms in total. The van der Waals surface area contributed by atoms with Crippen LogP contribution in [0.4, 0.5) is 0 Å². The quantitative estimate of drug-likeness (QED) is 0.784. The minimum atomic E-state index is -3.88. The Morgan fingerprint density at radius 3 is 2.50 bits per heavy atom. The molecular formula is C12H13NO4S. The summed E-state index contributed by atoms with van der Waals surface area (Å²) in [6, 6.07) is 7.79. The molecule has 96 valence electrons. The molecule has 0 spiro atoms. The van der Waals surface area contributed by atoms with Gasteiger partial charge in [-0.15, -0.1) is 0 Å². The van der Waals surface area contributed by atoms with Gasteiger partial charge in [-0.3, -0.25) is 9.08 Å². The Hall–Kier alpha value is -1.69. The summed E-state index contributed by atoms with van der Waals surface area (Å²) in [5.74, 6) is 0.0701. The lowest BCUT2D eigenvalue weighted by molar-refractivity contribution is -0.118. The van der Waals surface area contributed by atoms with Crippen molar-refractivity contribution in [3.63, 3.8) is 0 Å². The van der Waals surface area contributed by atoms with Crippen molar-refractivity contribution in [2.75, 3.05) is 0 Å². The van der Waals surface area contributed by atoms with Crippen LogP contribution in [0.2, 0.25) is 0 Å². The highest BCUT2D eigenvalue weighted by Crippen LogP contribution is 2.15. The van der Waals surface area contributed by atoms with Gasteiger partial charge in [0.1, 0.15) is 10.7 Å². The SMILES string of the molecule is O=C1CCC/C(=N/OS(=O)(=O)c2ccccc2)C1. The average Bonchev–Trinajstić information content (AvgIpc) is 2.38. The number of hydrogen-bond acceptors (Lipinski definition) is 5. The number of oxime groups is 1. The maximum absolute atomic E-state index is 11.7. The van der Waals surface area contributed by atoms with E-state index in [0.717, 1.165) is 0 Å². The first-order valence-electron chi connectivity index (χ1n) is 5.64. The van der Waals surface area contributed by atoms with Crippen molar-refractivity contribution in [3.8, 4) is 0 Å². The second-order valence-electron chi connectivity index (χ2n) is 4.07. The maximum Gasteiger partial charge on any atom is 0.358 e. The lowest BCUT2D eigenvalue weighted by atomic mass is 9.98. The molecule has 6 heteroatoms. The Balaban J connectivity index is 2.10. The van der Waals surface area contributed by atoms with Gasteiger partial charge >= 0.3 is 10.1 Å². The molecule has 0 atom stereocenters. The number of ketones is 1. The van der Waals surface area contributed by atoms with Crippen molar-refractivity contribution in [1.82, 2.24) is 0 Å². The minimum Gasteiger partial charge on any atom is -0.299 e. The Bertz CT molecular complexity index is 563. The molecule has 0 N–H and O–H groups in total. The van der Waals surface area contributed by atoms with Crippen LogP contribution in [0.25, 0.3) is 0 Å². The summed E-state index contributed by atoms with van der Waals surface area (Å²) in [4.78, 5) is 11.2. The fraction of sp³-hybridized carbons (Fsp3) is 0.333. The molecule has 0 unspecified atom stereocenters. The molecule has 0 aliphatic heterocycles. The van der Waals surface area contributed by atoms with Crippen LogP contribution >= 0.6 is 0 Å². The fourth-order valence-electron chi connectivity index (χ4n) is 1.70. The van der Waals surface area contributed by atoms with Crippen molar-refractivity contribution in [2.45, 2.75) is 30.6 Å². The van der Waals surface area contributed by atoms with Crippen LogP contribution in [0, 0.1) is 0 Å². The molecular weight excluding hydrogens is 254 g/mol. The first-order chi connectivity index (χ1) is 8.58. The molecule has 0 radical (unpaired) electrons. The number of Topliss-reactive ketones (excluding diaryl/α,β-unsaturated/α-hetero) is 1. The number of benzene rings is 1. The van der Waals surface area contributed by atoms with Gasteiger partial charge < -0.3 is 0 Å². The Labute approximate surface area is 106 Å². The van der Waals surface area contributed by atoms with Crippen molar-refractivity contribution in [1.29, 1.82) is 0 Å². The van der Waals surface area contributed by atoms with E-state index in [0.29, 0.717) is 25.0 Å². The van der Waals surface area contributed by atoms with Crippen LogP contribution in [0.5, 0.6) is 0 Å². The Kier molecular flexibility index (Phi) is 3.76. The molecule has 2 rings (SSSR count). The van der Waals surface area contributed by atoms with Gasteiger partial charge in [-0.1, -0.05) is 23.4 Å². The third-order valence-electron chi connectivity index (χ3n) is 2.62. The number of hydrogen-bond donors (Lipinski definition) is 0. The Morgan fingerprint density at radius 1 is 1.11 bits per heavy atom. The van der Waals surface area contributed by atoms with E-state index in [4.69, 9.17) is 0 Å². The number of carbonyl (C=O) groups is 1. The van der Waals surface area contributed by atoms with Crippen LogP contribution < -0.4 is 0 Å². The predicted molar refractivity (Wildman–Crippen MR) is 65.6 cm³/mol. The molecule has 1 aromatic carbocycles. The van der Waals surface area contributed by atoms with Crippen LogP contribution in [0.1, 0.15) is 25.7 Å². The normalized spacial score (nSPS) is 18.9. The minimum absolute atomic E-state index is 0.0523. The molecule has 1 saturated carbocycles. The number of nitrogens with zero attached hydrogens (tertiary/aromatic N) is 1. The standard InChI is InChI=1S/C12H13NO4S/c14-11-6-4-5-10(9-11)13-17-18(15,16)12-7-2-1-3-8-12/h1-3,7-8H,4-6,9H2/b13-10-. The highest BCUT2D eigenvalue weighted by Gasteiger charge is 2.18. The summed E-state index contributed by atoms with van der Waals surface area (Å²) in [5.41, 5.74) is 0.491.